The number of ether oxygens (including phenoxy) is 3. The Balaban J connectivity index is 1.70. The molecule has 1 atom stereocenters. The van der Waals surface area contributed by atoms with Crippen molar-refractivity contribution < 1.29 is 23.4 Å². The van der Waals surface area contributed by atoms with E-state index in [0.717, 1.165) is 11.3 Å². The first-order chi connectivity index (χ1) is 16.2. The van der Waals surface area contributed by atoms with E-state index in [1.807, 2.05) is 39.0 Å². The standard InChI is InChI=1S/C26H32FN3O4/c1-26(2,3)34-25(31)30-13-14-33-22(18-30)11-12-29(21-8-5-19(16-28)6-9-21)17-20-7-10-24(32-4)23(27)15-20/h5-10,15,22H,11-14,17-18H2,1-4H3. The second kappa shape index (κ2) is 11.2. The number of halogens is 1. The molecule has 0 aliphatic carbocycles. The number of rotatable bonds is 7. The predicted octanol–water partition coefficient (Wildman–Crippen LogP) is 4.74. The van der Waals surface area contributed by atoms with Gasteiger partial charge in [-0.05, 0) is 69.2 Å². The number of hydrogen-bond acceptors (Lipinski definition) is 6. The van der Waals surface area contributed by atoms with Gasteiger partial charge in [-0.1, -0.05) is 6.07 Å². The molecule has 0 radical (unpaired) electrons. The zero-order chi connectivity index (χ0) is 24.7. The molecule has 0 bridgehead atoms. The maximum atomic E-state index is 14.3. The summed E-state index contributed by atoms with van der Waals surface area (Å²) in [6.45, 7) is 8.02. The highest BCUT2D eigenvalue weighted by atomic mass is 19.1. The Morgan fingerprint density at radius 1 is 1.26 bits per heavy atom. The van der Waals surface area contributed by atoms with Crippen LogP contribution in [0, 0.1) is 17.1 Å². The number of methoxy groups -OCH3 is 1. The van der Waals surface area contributed by atoms with Crippen molar-refractivity contribution in [3.05, 3.63) is 59.4 Å². The lowest BCUT2D eigenvalue weighted by Gasteiger charge is -2.35. The van der Waals surface area contributed by atoms with Crippen LogP contribution in [0.15, 0.2) is 42.5 Å². The van der Waals surface area contributed by atoms with Crippen LogP contribution in [-0.2, 0) is 16.0 Å². The van der Waals surface area contributed by atoms with E-state index in [1.165, 1.54) is 13.2 Å². The van der Waals surface area contributed by atoms with E-state index in [4.69, 9.17) is 19.5 Å². The first-order valence-corrected chi connectivity index (χ1v) is 11.4. The lowest BCUT2D eigenvalue weighted by atomic mass is 10.1. The Labute approximate surface area is 200 Å². The second-order valence-corrected chi connectivity index (χ2v) is 9.26. The average Bonchev–Trinajstić information content (AvgIpc) is 2.81. The second-order valence-electron chi connectivity index (χ2n) is 9.26. The van der Waals surface area contributed by atoms with E-state index >= 15 is 0 Å². The number of hydrogen-bond donors (Lipinski definition) is 0. The van der Waals surface area contributed by atoms with Crippen molar-refractivity contribution >= 4 is 11.8 Å². The van der Waals surface area contributed by atoms with Gasteiger partial charge < -0.3 is 24.0 Å². The third kappa shape index (κ3) is 7.09. The van der Waals surface area contributed by atoms with E-state index < -0.39 is 11.4 Å². The van der Waals surface area contributed by atoms with Crippen LogP contribution in [0.4, 0.5) is 14.9 Å². The zero-order valence-corrected chi connectivity index (χ0v) is 20.2. The van der Waals surface area contributed by atoms with Gasteiger partial charge in [0.1, 0.15) is 5.60 Å². The summed E-state index contributed by atoms with van der Waals surface area (Å²) >= 11 is 0. The molecule has 1 amide bonds. The number of carbonyl (C=O) groups is 1. The van der Waals surface area contributed by atoms with E-state index in [-0.39, 0.29) is 17.9 Å². The molecular formula is C26H32FN3O4. The monoisotopic (exact) mass is 469 g/mol. The van der Waals surface area contributed by atoms with Gasteiger partial charge >= 0.3 is 6.09 Å². The molecule has 2 aromatic rings. The lowest BCUT2D eigenvalue weighted by molar-refractivity contribution is -0.0437. The predicted molar refractivity (Wildman–Crippen MR) is 127 cm³/mol. The molecular weight excluding hydrogens is 437 g/mol. The highest BCUT2D eigenvalue weighted by Gasteiger charge is 2.28. The zero-order valence-electron chi connectivity index (χ0n) is 20.2. The van der Waals surface area contributed by atoms with Crippen molar-refractivity contribution in [2.75, 3.05) is 38.3 Å². The maximum absolute atomic E-state index is 14.3. The van der Waals surface area contributed by atoms with Gasteiger partial charge in [0.15, 0.2) is 11.6 Å². The van der Waals surface area contributed by atoms with E-state index in [0.29, 0.717) is 44.8 Å². The van der Waals surface area contributed by atoms with Crippen LogP contribution in [0.25, 0.3) is 0 Å². The minimum Gasteiger partial charge on any atom is -0.494 e. The van der Waals surface area contributed by atoms with Gasteiger partial charge in [-0.3, -0.25) is 0 Å². The Morgan fingerprint density at radius 2 is 2.00 bits per heavy atom. The van der Waals surface area contributed by atoms with Gasteiger partial charge in [0.2, 0.25) is 0 Å². The summed E-state index contributed by atoms with van der Waals surface area (Å²) in [5.41, 5.74) is 1.73. The van der Waals surface area contributed by atoms with Crippen molar-refractivity contribution in [3.8, 4) is 11.8 Å². The number of nitriles is 1. The summed E-state index contributed by atoms with van der Waals surface area (Å²) in [6, 6.07) is 14.3. The van der Waals surface area contributed by atoms with Crippen LogP contribution < -0.4 is 9.64 Å². The average molecular weight is 470 g/mol. The molecule has 182 valence electrons. The Morgan fingerprint density at radius 3 is 2.62 bits per heavy atom. The Bertz CT molecular complexity index is 1010. The van der Waals surface area contributed by atoms with Gasteiger partial charge in [-0.2, -0.15) is 5.26 Å². The number of morpholine rings is 1. The highest BCUT2D eigenvalue weighted by Crippen LogP contribution is 2.23. The van der Waals surface area contributed by atoms with E-state index in [1.54, 1.807) is 23.1 Å². The number of carbonyl (C=O) groups excluding carboxylic acids is 1. The normalized spacial score (nSPS) is 16.0. The lowest BCUT2D eigenvalue weighted by Crippen LogP contribution is -2.48. The Kier molecular flexibility index (Phi) is 8.35. The molecule has 34 heavy (non-hydrogen) atoms. The van der Waals surface area contributed by atoms with Gasteiger partial charge in [-0.25, -0.2) is 9.18 Å². The van der Waals surface area contributed by atoms with Crippen LogP contribution in [-0.4, -0.2) is 56.0 Å². The molecule has 1 saturated heterocycles. The fourth-order valence-electron chi connectivity index (χ4n) is 3.76. The fraction of sp³-hybridized carbons (Fsp3) is 0.462. The van der Waals surface area contributed by atoms with E-state index in [2.05, 4.69) is 11.0 Å². The van der Waals surface area contributed by atoms with Crippen LogP contribution >= 0.6 is 0 Å². The summed E-state index contributed by atoms with van der Waals surface area (Å²) in [7, 11) is 1.44. The first kappa shape index (κ1) is 25.3. The van der Waals surface area contributed by atoms with Crippen LogP contribution in [0.2, 0.25) is 0 Å². The molecule has 0 saturated carbocycles. The van der Waals surface area contributed by atoms with Crippen LogP contribution in [0.3, 0.4) is 0 Å². The molecule has 3 rings (SSSR count). The number of anilines is 1. The highest BCUT2D eigenvalue weighted by molar-refractivity contribution is 5.68. The van der Waals surface area contributed by atoms with E-state index in [9.17, 15) is 9.18 Å². The van der Waals surface area contributed by atoms with Crippen molar-refractivity contribution in [2.45, 2.75) is 45.4 Å². The molecule has 2 aromatic carbocycles. The molecule has 1 unspecified atom stereocenters. The summed E-state index contributed by atoms with van der Waals surface area (Å²) in [5.74, 6) is -0.213. The third-order valence-electron chi connectivity index (χ3n) is 5.46. The van der Waals surface area contributed by atoms with Crippen LogP contribution in [0.1, 0.15) is 38.3 Å². The third-order valence-corrected chi connectivity index (χ3v) is 5.46. The van der Waals surface area contributed by atoms with Crippen molar-refractivity contribution in [2.24, 2.45) is 0 Å². The van der Waals surface area contributed by atoms with Crippen LogP contribution in [0.5, 0.6) is 5.75 Å². The molecule has 8 heteroatoms. The minimum absolute atomic E-state index is 0.144. The molecule has 1 heterocycles. The summed E-state index contributed by atoms with van der Waals surface area (Å²) in [6.07, 6.45) is 0.186. The smallest absolute Gasteiger partial charge is 0.410 e. The summed E-state index contributed by atoms with van der Waals surface area (Å²) < 4.78 is 30.7. The van der Waals surface area contributed by atoms with Crippen molar-refractivity contribution in [1.29, 1.82) is 5.26 Å². The minimum atomic E-state index is -0.551. The van der Waals surface area contributed by atoms with Gasteiger partial charge in [0.25, 0.3) is 0 Å². The molecule has 1 aliphatic heterocycles. The van der Waals surface area contributed by atoms with Crippen molar-refractivity contribution in [1.82, 2.24) is 4.90 Å². The molecule has 1 aliphatic rings. The molecule has 0 aromatic heterocycles. The van der Waals surface area contributed by atoms with Gasteiger partial charge in [0.05, 0.1) is 38.0 Å². The fourth-order valence-corrected chi connectivity index (χ4v) is 3.76. The van der Waals surface area contributed by atoms with Gasteiger partial charge in [-0.15, -0.1) is 0 Å². The Hall–Kier alpha value is -3.31. The largest absolute Gasteiger partial charge is 0.494 e. The molecule has 1 fully saturated rings. The topological polar surface area (TPSA) is 75.0 Å². The molecule has 0 spiro atoms. The summed E-state index contributed by atoms with van der Waals surface area (Å²) in [4.78, 5) is 16.3. The quantitative estimate of drug-likeness (QED) is 0.583. The van der Waals surface area contributed by atoms with Gasteiger partial charge in [0, 0.05) is 25.3 Å². The maximum Gasteiger partial charge on any atom is 0.410 e. The van der Waals surface area contributed by atoms with Crippen molar-refractivity contribution in [3.63, 3.8) is 0 Å². The molecule has 7 nitrogen and oxygen atoms in total. The number of nitrogens with zero attached hydrogens (tertiary/aromatic N) is 3. The molecule has 0 N–H and O–H groups in total. The SMILES string of the molecule is COc1ccc(CN(CCC2CN(C(=O)OC(C)(C)C)CCO2)c2ccc(C#N)cc2)cc1F. The number of benzene rings is 2. The number of amides is 1. The summed E-state index contributed by atoms with van der Waals surface area (Å²) in [5, 5.41) is 9.12. The first-order valence-electron chi connectivity index (χ1n) is 11.4.